The molecule has 3 heterocycles. The van der Waals surface area contributed by atoms with Gasteiger partial charge in [-0.15, -0.1) is 10.2 Å². The minimum absolute atomic E-state index is 0.0915. The van der Waals surface area contributed by atoms with E-state index in [9.17, 15) is 9.59 Å². The van der Waals surface area contributed by atoms with Crippen molar-refractivity contribution < 1.29 is 9.59 Å². The van der Waals surface area contributed by atoms with Gasteiger partial charge in [0.2, 0.25) is 11.1 Å². The fourth-order valence-corrected chi connectivity index (χ4v) is 6.86. The number of benzene rings is 3. The van der Waals surface area contributed by atoms with E-state index in [-0.39, 0.29) is 17.9 Å². The third-order valence-corrected chi connectivity index (χ3v) is 9.43. The van der Waals surface area contributed by atoms with Crippen molar-refractivity contribution >= 4 is 68.8 Å². The van der Waals surface area contributed by atoms with Crippen LogP contribution in [0.15, 0.2) is 71.9 Å². The molecule has 1 atom stereocenters. The minimum atomic E-state index is -0.0982. The van der Waals surface area contributed by atoms with Crippen LogP contribution in [-0.2, 0) is 11.3 Å². The Morgan fingerprint density at radius 2 is 1.84 bits per heavy atom. The Bertz CT molecular complexity index is 1860. The maximum Gasteiger partial charge on any atom is 0.255 e. The molecule has 11 heteroatoms. The number of carbonyl (C=O) groups excluding carboxylic acids is 2. The van der Waals surface area contributed by atoms with Gasteiger partial charge >= 0.3 is 0 Å². The summed E-state index contributed by atoms with van der Waals surface area (Å²) in [6.45, 7) is 6.13. The number of nitrogens with zero attached hydrogens (tertiary/aromatic N) is 6. The van der Waals surface area contributed by atoms with E-state index in [1.165, 1.54) is 11.8 Å². The lowest BCUT2D eigenvalue weighted by Gasteiger charge is -2.40. The predicted octanol–water partition coefficient (Wildman–Crippen LogP) is 6.89. The number of aromatic nitrogens is 4. The third kappa shape index (κ3) is 6.41. The van der Waals surface area contributed by atoms with Crippen LogP contribution in [0, 0.1) is 6.92 Å². The molecular formula is C33H32Cl2N6O2S. The Morgan fingerprint density at radius 1 is 1.00 bits per heavy atom. The average molecular weight is 648 g/mol. The number of hydrogen-bond donors (Lipinski definition) is 0. The van der Waals surface area contributed by atoms with Gasteiger partial charge in [-0.2, -0.15) is 0 Å². The van der Waals surface area contributed by atoms with E-state index >= 15 is 0 Å². The van der Waals surface area contributed by atoms with Crippen LogP contribution in [0.4, 0.5) is 0 Å². The molecule has 1 fully saturated rings. The van der Waals surface area contributed by atoms with E-state index in [1.807, 2.05) is 42.2 Å². The van der Waals surface area contributed by atoms with E-state index in [0.29, 0.717) is 65.5 Å². The highest BCUT2D eigenvalue weighted by atomic mass is 35.5. The van der Waals surface area contributed by atoms with Crippen LogP contribution in [0.3, 0.4) is 0 Å². The quantitative estimate of drug-likeness (QED) is 0.135. The second-order valence-corrected chi connectivity index (χ2v) is 13.0. The van der Waals surface area contributed by atoms with Crippen molar-refractivity contribution in [3.63, 3.8) is 0 Å². The fraction of sp³-hybridized carbons (Fsp3) is 0.303. The summed E-state index contributed by atoms with van der Waals surface area (Å²) in [7, 11) is 0. The zero-order valence-corrected chi connectivity index (χ0v) is 26.9. The van der Waals surface area contributed by atoms with Crippen molar-refractivity contribution in [1.29, 1.82) is 0 Å². The Hall–Kier alpha value is -3.66. The zero-order valence-electron chi connectivity index (χ0n) is 24.5. The molecule has 5 aromatic rings. The molecule has 1 aliphatic heterocycles. The predicted molar refractivity (Wildman–Crippen MR) is 177 cm³/mol. The molecule has 2 amide bonds. The van der Waals surface area contributed by atoms with E-state index in [4.69, 9.17) is 28.2 Å². The highest BCUT2D eigenvalue weighted by Crippen LogP contribution is 2.30. The highest BCUT2D eigenvalue weighted by molar-refractivity contribution is 7.99. The van der Waals surface area contributed by atoms with Crippen LogP contribution < -0.4 is 0 Å². The van der Waals surface area contributed by atoms with Crippen molar-refractivity contribution in [3.8, 4) is 0 Å². The molecule has 0 radical (unpaired) electrons. The maximum atomic E-state index is 13.0. The average Bonchev–Trinajstić information content (AvgIpc) is 3.30. The lowest BCUT2D eigenvalue weighted by molar-refractivity contribution is -0.133. The molecule has 0 aliphatic carbocycles. The Labute approximate surface area is 270 Å². The molecule has 3 aromatic carbocycles. The normalized spacial score (nSPS) is 15.3. The second kappa shape index (κ2) is 13.1. The summed E-state index contributed by atoms with van der Waals surface area (Å²) in [6, 6.07) is 21.1. The van der Waals surface area contributed by atoms with Gasteiger partial charge in [-0.25, -0.2) is 4.98 Å². The van der Waals surface area contributed by atoms with Crippen LogP contribution in [0.1, 0.15) is 41.3 Å². The Morgan fingerprint density at radius 3 is 2.64 bits per heavy atom. The number of thioether (sulfide) groups is 1. The van der Waals surface area contributed by atoms with Crippen molar-refractivity contribution in [3.05, 3.63) is 93.5 Å². The van der Waals surface area contributed by atoms with Crippen LogP contribution in [0.25, 0.3) is 22.1 Å². The molecule has 1 aliphatic rings. The van der Waals surface area contributed by atoms with Gasteiger partial charge in [-0.1, -0.05) is 70.9 Å². The first kappa shape index (κ1) is 30.4. The molecular weight excluding hydrogens is 615 g/mol. The smallest absolute Gasteiger partial charge is 0.255 e. The van der Waals surface area contributed by atoms with Gasteiger partial charge in [-0.3, -0.25) is 9.59 Å². The van der Waals surface area contributed by atoms with Gasteiger partial charge in [0.15, 0.2) is 5.65 Å². The van der Waals surface area contributed by atoms with Gasteiger partial charge in [0, 0.05) is 54.8 Å². The molecule has 8 nitrogen and oxygen atoms in total. The van der Waals surface area contributed by atoms with Crippen LogP contribution >= 0.6 is 35.0 Å². The SMILES string of the molecule is Cc1ccc2c(c1)c1nnc(SCCCC(=O)N3CCN(C(=O)c4ccccc4Cl)C(C)C3)nc1n2Cc1cccc(Cl)c1. The lowest BCUT2D eigenvalue weighted by Crippen LogP contribution is -2.55. The summed E-state index contributed by atoms with van der Waals surface area (Å²) < 4.78 is 2.16. The minimum Gasteiger partial charge on any atom is -0.339 e. The van der Waals surface area contributed by atoms with Gasteiger partial charge < -0.3 is 14.4 Å². The summed E-state index contributed by atoms with van der Waals surface area (Å²) in [5.74, 6) is 0.681. The molecule has 44 heavy (non-hydrogen) atoms. The first-order valence-corrected chi connectivity index (χ1v) is 16.4. The summed E-state index contributed by atoms with van der Waals surface area (Å²) >= 11 is 14.0. The number of carbonyl (C=O) groups is 2. The van der Waals surface area contributed by atoms with E-state index in [2.05, 4.69) is 46.0 Å². The number of piperazine rings is 1. The standard InChI is InChI=1S/C33H32Cl2N6O2S/c1-21-12-13-28-26(17-21)30-31(41(28)20-23-7-5-8-24(34)18-23)36-33(38-37-30)44-16-6-11-29(42)39-14-15-40(22(2)19-39)32(43)25-9-3-4-10-27(25)35/h3-5,7-10,12-13,17-18,22H,6,11,14-16,19-20H2,1-2H3. The molecule has 0 N–H and O–H groups in total. The van der Waals surface area contributed by atoms with Crippen LogP contribution in [-0.4, -0.2) is 72.8 Å². The van der Waals surface area contributed by atoms with E-state index < -0.39 is 0 Å². The molecule has 0 saturated carbocycles. The number of amides is 2. The number of fused-ring (bicyclic) bond motifs is 3. The number of hydrogen-bond acceptors (Lipinski definition) is 6. The molecule has 226 valence electrons. The summed E-state index contributed by atoms with van der Waals surface area (Å²) in [5.41, 5.74) is 5.30. The monoisotopic (exact) mass is 646 g/mol. The topological polar surface area (TPSA) is 84.2 Å². The number of halogens is 2. The van der Waals surface area contributed by atoms with E-state index in [0.717, 1.165) is 33.2 Å². The molecule has 0 spiro atoms. The van der Waals surface area contributed by atoms with Gasteiger partial charge in [0.25, 0.3) is 5.91 Å². The van der Waals surface area contributed by atoms with Crippen molar-refractivity contribution in [1.82, 2.24) is 29.5 Å². The summed E-state index contributed by atoms with van der Waals surface area (Å²) in [6.07, 6.45) is 1.10. The fourth-order valence-electron chi connectivity index (χ4n) is 5.71. The van der Waals surface area contributed by atoms with E-state index in [1.54, 1.807) is 17.0 Å². The molecule has 6 rings (SSSR count). The summed E-state index contributed by atoms with van der Waals surface area (Å²) in [5, 5.41) is 11.7. The third-order valence-electron chi connectivity index (χ3n) is 7.94. The lowest BCUT2D eigenvalue weighted by atomic mass is 10.1. The largest absolute Gasteiger partial charge is 0.339 e. The van der Waals surface area contributed by atoms with Crippen molar-refractivity contribution in [2.24, 2.45) is 0 Å². The summed E-state index contributed by atoms with van der Waals surface area (Å²) in [4.78, 5) is 34.6. The van der Waals surface area contributed by atoms with Crippen molar-refractivity contribution in [2.75, 3.05) is 25.4 Å². The molecule has 1 unspecified atom stereocenters. The molecule has 2 aromatic heterocycles. The van der Waals surface area contributed by atoms with Gasteiger partial charge in [0.1, 0.15) is 5.52 Å². The van der Waals surface area contributed by atoms with Crippen LogP contribution in [0.5, 0.6) is 0 Å². The highest BCUT2D eigenvalue weighted by Gasteiger charge is 2.30. The first-order chi connectivity index (χ1) is 21.3. The zero-order chi connectivity index (χ0) is 30.8. The van der Waals surface area contributed by atoms with Gasteiger partial charge in [-0.05, 0) is 62.2 Å². The Kier molecular flexibility index (Phi) is 9.07. The molecule has 0 bridgehead atoms. The Balaban J connectivity index is 1.08. The second-order valence-electron chi connectivity index (χ2n) is 11.1. The maximum absolute atomic E-state index is 13.0. The first-order valence-electron chi connectivity index (χ1n) is 14.6. The number of aryl methyl sites for hydroxylation is 1. The van der Waals surface area contributed by atoms with Crippen molar-refractivity contribution in [2.45, 2.75) is 44.4 Å². The molecule has 1 saturated heterocycles. The van der Waals surface area contributed by atoms with Gasteiger partial charge in [0.05, 0.1) is 16.1 Å². The number of rotatable bonds is 8. The van der Waals surface area contributed by atoms with Crippen LogP contribution in [0.2, 0.25) is 10.0 Å².